The first-order chi connectivity index (χ1) is 8.38. The highest BCUT2D eigenvalue weighted by atomic mass is 32.2. The summed E-state index contributed by atoms with van der Waals surface area (Å²) in [4.78, 5) is 2.53. The van der Waals surface area contributed by atoms with Crippen LogP contribution in [0.4, 0.5) is 0 Å². The fraction of sp³-hybridized carbons (Fsp3) is 0.571. The number of nitrogens with zero attached hydrogens (tertiary/aromatic N) is 1. The molecule has 1 aromatic carbocycles. The zero-order chi connectivity index (χ0) is 11.9. The van der Waals surface area contributed by atoms with Crippen LogP contribution >= 0.6 is 11.8 Å². The smallest absolute Gasteiger partial charge is 0.0286 e. The maximum Gasteiger partial charge on any atom is 0.0286 e. The van der Waals surface area contributed by atoms with Gasteiger partial charge < -0.3 is 5.32 Å². The first-order valence-electron chi connectivity index (χ1n) is 6.46. The summed E-state index contributed by atoms with van der Waals surface area (Å²) in [5, 5.41) is 3.61. The van der Waals surface area contributed by atoms with Gasteiger partial charge in [-0.05, 0) is 12.1 Å². The molecular formula is C14H22N2S. The Hall–Kier alpha value is -0.510. The van der Waals surface area contributed by atoms with Gasteiger partial charge in [0.15, 0.2) is 0 Å². The van der Waals surface area contributed by atoms with Gasteiger partial charge in [-0.3, -0.25) is 4.90 Å². The van der Waals surface area contributed by atoms with Crippen LogP contribution in [0.5, 0.6) is 0 Å². The minimum Gasteiger partial charge on any atom is -0.311 e. The average Bonchev–Trinajstić information content (AvgIpc) is 2.40. The molecule has 1 fully saturated rings. The third-order valence-electron chi connectivity index (χ3n) is 3.17. The molecule has 1 saturated heterocycles. The van der Waals surface area contributed by atoms with E-state index in [1.165, 1.54) is 23.6 Å². The molecular weight excluding hydrogens is 228 g/mol. The van der Waals surface area contributed by atoms with Crippen molar-refractivity contribution in [2.75, 3.05) is 31.1 Å². The Morgan fingerprint density at radius 1 is 1.35 bits per heavy atom. The van der Waals surface area contributed by atoms with Crippen LogP contribution in [0.25, 0.3) is 0 Å². The van der Waals surface area contributed by atoms with E-state index in [1.54, 1.807) is 0 Å². The van der Waals surface area contributed by atoms with E-state index in [1.807, 2.05) is 0 Å². The Morgan fingerprint density at radius 3 is 2.82 bits per heavy atom. The molecule has 0 amide bonds. The predicted molar refractivity (Wildman–Crippen MR) is 76.5 cm³/mol. The van der Waals surface area contributed by atoms with Gasteiger partial charge in [0, 0.05) is 37.2 Å². The normalized spacial score (nSPS) is 20.7. The van der Waals surface area contributed by atoms with Crippen LogP contribution < -0.4 is 5.32 Å². The van der Waals surface area contributed by atoms with Gasteiger partial charge in [0.25, 0.3) is 0 Å². The monoisotopic (exact) mass is 250 g/mol. The third-order valence-corrected chi connectivity index (χ3v) is 4.30. The van der Waals surface area contributed by atoms with Crippen LogP contribution in [0.1, 0.15) is 12.5 Å². The Bertz CT molecular complexity index is 309. The molecule has 0 spiro atoms. The minimum absolute atomic E-state index is 0.664. The Morgan fingerprint density at radius 2 is 2.18 bits per heavy atom. The molecule has 1 N–H and O–H groups in total. The number of thioether (sulfide) groups is 1. The van der Waals surface area contributed by atoms with Gasteiger partial charge in [0.1, 0.15) is 0 Å². The lowest BCUT2D eigenvalue weighted by molar-refractivity contribution is 0.253. The zero-order valence-corrected chi connectivity index (χ0v) is 11.4. The van der Waals surface area contributed by atoms with Crippen LogP contribution in [0.2, 0.25) is 0 Å². The fourth-order valence-corrected chi connectivity index (χ4v) is 3.13. The van der Waals surface area contributed by atoms with Crippen molar-refractivity contribution in [3.63, 3.8) is 0 Å². The highest BCUT2D eigenvalue weighted by molar-refractivity contribution is 7.99. The summed E-state index contributed by atoms with van der Waals surface area (Å²) in [6, 6.07) is 11.4. The molecule has 1 heterocycles. The summed E-state index contributed by atoms with van der Waals surface area (Å²) in [6.07, 6.45) is 0. The largest absolute Gasteiger partial charge is 0.311 e. The van der Waals surface area contributed by atoms with Crippen molar-refractivity contribution < 1.29 is 0 Å². The molecule has 0 saturated carbocycles. The van der Waals surface area contributed by atoms with E-state index in [9.17, 15) is 0 Å². The topological polar surface area (TPSA) is 15.3 Å². The molecule has 0 bridgehead atoms. The lowest BCUT2D eigenvalue weighted by Crippen LogP contribution is -2.45. The molecule has 3 heteroatoms. The Balaban J connectivity index is 1.83. The summed E-state index contributed by atoms with van der Waals surface area (Å²) in [6.45, 7) is 6.77. The molecule has 0 aliphatic carbocycles. The average molecular weight is 250 g/mol. The van der Waals surface area contributed by atoms with Gasteiger partial charge in [-0.15, -0.1) is 0 Å². The SMILES string of the molecule is CCN(Cc1ccccc1)CC1CSCCN1. The standard InChI is InChI=1S/C14H22N2S/c1-2-16(10-13-6-4-3-5-7-13)11-14-12-17-9-8-15-14/h3-7,14-15H,2,8-12H2,1H3. The maximum atomic E-state index is 3.61. The van der Waals surface area contributed by atoms with E-state index in [4.69, 9.17) is 0 Å². The molecule has 1 unspecified atom stereocenters. The van der Waals surface area contributed by atoms with Gasteiger partial charge in [0.2, 0.25) is 0 Å². The maximum absolute atomic E-state index is 3.61. The predicted octanol–water partition coefficient (Wildman–Crippen LogP) is 2.21. The first-order valence-corrected chi connectivity index (χ1v) is 7.61. The second-order valence-corrected chi connectivity index (χ2v) is 5.69. The molecule has 1 aromatic rings. The fourth-order valence-electron chi connectivity index (χ4n) is 2.20. The van der Waals surface area contributed by atoms with E-state index >= 15 is 0 Å². The van der Waals surface area contributed by atoms with Crippen molar-refractivity contribution in [1.29, 1.82) is 0 Å². The highest BCUT2D eigenvalue weighted by Crippen LogP contribution is 2.11. The Labute approximate surface area is 109 Å². The van der Waals surface area contributed by atoms with Gasteiger partial charge in [0.05, 0.1) is 0 Å². The summed E-state index contributed by atoms with van der Waals surface area (Å²) < 4.78 is 0. The van der Waals surface area contributed by atoms with Crippen molar-refractivity contribution in [1.82, 2.24) is 10.2 Å². The van der Waals surface area contributed by atoms with Crippen LogP contribution in [0, 0.1) is 0 Å². The molecule has 2 nitrogen and oxygen atoms in total. The van der Waals surface area contributed by atoms with Gasteiger partial charge in [-0.1, -0.05) is 37.3 Å². The van der Waals surface area contributed by atoms with E-state index in [0.29, 0.717) is 6.04 Å². The molecule has 0 aromatic heterocycles. The lowest BCUT2D eigenvalue weighted by Gasteiger charge is -2.29. The number of rotatable bonds is 5. The second-order valence-electron chi connectivity index (χ2n) is 4.54. The third kappa shape index (κ3) is 4.34. The van der Waals surface area contributed by atoms with E-state index in [2.05, 4.69) is 59.2 Å². The molecule has 94 valence electrons. The summed E-state index contributed by atoms with van der Waals surface area (Å²) in [5.41, 5.74) is 1.41. The van der Waals surface area contributed by atoms with Crippen molar-refractivity contribution in [3.05, 3.63) is 35.9 Å². The van der Waals surface area contributed by atoms with Crippen LogP contribution in [-0.2, 0) is 6.54 Å². The number of hydrogen-bond acceptors (Lipinski definition) is 3. The van der Waals surface area contributed by atoms with Crippen LogP contribution in [-0.4, -0.2) is 42.1 Å². The second kappa shape index (κ2) is 7.04. The van der Waals surface area contributed by atoms with E-state index in [0.717, 1.165) is 19.6 Å². The van der Waals surface area contributed by atoms with E-state index < -0.39 is 0 Å². The summed E-state index contributed by atoms with van der Waals surface area (Å²) in [5.74, 6) is 2.52. The van der Waals surface area contributed by atoms with Crippen LogP contribution in [0.3, 0.4) is 0 Å². The molecule has 1 aliphatic heterocycles. The highest BCUT2D eigenvalue weighted by Gasteiger charge is 2.15. The first kappa shape index (κ1) is 12.9. The quantitative estimate of drug-likeness (QED) is 0.862. The molecule has 17 heavy (non-hydrogen) atoms. The number of benzene rings is 1. The van der Waals surface area contributed by atoms with Crippen molar-refractivity contribution >= 4 is 11.8 Å². The van der Waals surface area contributed by atoms with Gasteiger partial charge in [-0.25, -0.2) is 0 Å². The van der Waals surface area contributed by atoms with Gasteiger partial charge >= 0.3 is 0 Å². The molecule has 1 atom stereocenters. The molecule has 0 radical (unpaired) electrons. The lowest BCUT2D eigenvalue weighted by atomic mass is 10.2. The summed E-state index contributed by atoms with van der Waals surface area (Å²) >= 11 is 2.07. The Kier molecular flexibility index (Phi) is 5.36. The zero-order valence-electron chi connectivity index (χ0n) is 10.6. The minimum atomic E-state index is 0.664. The molecule has 2 rings (SSSR count). The molecule has 1 aliphatic rings. The van der Waals surface area contributed by atoms with Gasteiger partial charge in [-0.2, -0.15) is 11.8 Å². The van der Waals surface area contributed by atoms with E-state index in [-0.39, 0.29) is 0 Å². The summed E-state index contributed by atoms with van der Waals surface area (Å²) in [7, 11) is 0. The number of hydrogen-bond donors (Lipinski definition) is 1. The van der Waals surface area contributed by atoms with Crippen molar-refractivity contribution in [2.45, 2.75) is 19.5 Å². The number of nitrogens with one attached hydrogen (secondary N) is 1. The number of likely N-dealkylation sites (N-methyl/N-ethyl adjacent to an activating group) is 1. The van der Waals surface area contributed by atoms with Crippen LogP contribution in [0.15, 0.2) is 30.3 Å². The van der Waals surface area contributed by atoms with Crippen molar-refractivity contribution in [3.8, 4) is 0 Å². The van der Waals surface area contributed by atoms with Crippen molar-refractivity contribution in [2.24, 2.45) is 0 Å².